The van der Waals surface area contributed by atoms with Crippen molar-refractivity contribution in [1.82, 2.24) is 9.62 Å². The summed E-state index contributed by atoms with van der Waals surface area (Å²) in [4.78, 5) is 14.2. The zero-order valence-electron chi connectivity index (χ0n) is 12.6. The first-order valence-corrected chi connectivity index (χ1v) is 8.82. The molecule has 114 valence electrons. The molecule has 0 aliphatic heterocycles. The molecule has 0 radical (unpaired) electrons. The van der Waals surface area contributed by atoms with E-state index in [-0.39, 0.29) is 24.1 Å². The minimum absolute atomic E-state index is 0.0208. The molecule has 1 heterocycles. The summed E-state index contributed by atoms with van der Waals surface area (Å²) in [7, 11) is -0.392. The van der Waals surface area contributed by atoms with E-state index >= 15 is 0 Å². The van der Waals surface area contributed by atoms with Crippen molar-refractivity contribution in [2.24, 2.45) is 0 Å². The average Bonchev–Trinajstić information content (AvgIpc) is 2.66. The number of thiophene rings is 1. The number of amides is 1. The molecule has 20 heavy (non-hydrogen) atoms. The second kappa shape index (κ2) is 6.69. The Hall–Kier alpha value is -0.920. The monoisotopic (exact) mass is 318 g/mol. The predicted molar refractivity (Wildman–Crippen MR) is 82.4 cm³/mol. The molecule has 0 saturated carbocycles. The molecule has 0 bridgehead atoms. The van der Waals surface area contributed by atoms with Crippen LogP contribution in [0.15, 0.2) is 6.07 Å². The first-order valence-electron chi connectivity index (χ1n) is 6.40. The number of nitrogens with one attached hydrogen (secondary N) is 1. The highest BCUT2D eigenvalue weighted by Gasteiger charge is 2.18. The van der Waals surface area contributed by atoms with Crippen LogP contribution < -0.4 is 5.32 Å². The number of aryl methyl sites for hydroxylation is 2. The first-order chi connectivity index (χ1) is 9.13. The molecule has 1 atom stereocenters. The van der Waals surface area contributed by atoms with Gasteiger partial charge in [0.2, 0.25) is 15.9 Å². The van der Waals surface area contributed by atoms with Crippen molar-refractivity contribution >= 4 is 27.3 Å². The SMILES string of the molecule is Cc1cc(C(C)NC(=O)CCS(=O)(=O)N(C)C)c(C)s1. The van der Waals surface area contributed by atoms with E-state index in [9.17, 15) is 13.2 Å². The summed E-state index contributed by atoms with van der Waals surface area (Å²) in [5.74, 6) is -0.411. The average molecular weight is 318 g/mol. The maximum atomic E-state index is 11.8. The number of hydrogen-bond donors (Lipinski definition) is 1. The van der Waals surface area contributed by atoms with Gasteiger partial charge in [-0.15, -0.1) is 11.3 Å². The number of hydrogen-bond acceptors (Lipinski definition) is 4. The molecule has 7 heteroatoms. The van der Waals surface area contributed by atoms with Gasteiger partial charge >= 0.3 is 0 Å². The first kappa shape index (κ1) is 17.1. The molecule has 0 saturated heterocycles. The van der Waals surface area contributed by atoms with Gasteiger partial charge in [0.1, 0.15) is 0 Å². The molecule has 1 aromatic heterocycles. The van der Waals surface area contributed by atoms with Crippen LogP contribution in [0.25, 0.3) is 0 Å². The second-order valence-electron chi connectivity index (χ2n) is 5.01. The maximum absolute atomic E-state index is 11.8. The Balaban J connectivity index is 2.57. The molecule has 1 rings (SSSR count). The van der Waals surface area contributed by atoms with Crippen molar-refractivity contribution < 1.29 is 13.2 Å². The molecular weight excluding hydrogens is 296 g/mol. The lowest BCUT2D eigenvalue weighted by Gasteiger charge is -2.15. The van der Waals surface area contributed by atoms with Crippen LogP contribution in [0.2, 0.25) is 0 Å². The highest BCUT2D eigenvalue weighted by Crippen LogP contribution is 2.26. The molecular formula is C13H22N2O3S2. The topological polar surface area (TPSA) is 66.5 Å². The summed E-state index contributed by atoms with van der Waals surface area (Å²) in [6, 6.07) is 1.95. The zero-order chi connectivity index (χ0) is 15.5. The lowest BCUT2D eigenvalue weighted by atomic mass is 10.1. The molecule has 1 aromatic rings. The molecule has 5 nitrogen and oxygen atoms in total. The van der Waals surface area contributed by atoms with E-state index in [1.165, 1.54) is 23.8 Å². The minimum atomic E-state index is -3.32. The fraction of sp³-hybridized carbons (Fsp3) is 0.615. The summed E-state index contributed by atoms with van der Waals surface area (Å²) >= 11 is 1.69. The quantitative estimate of drug-likeness (QED) is 0.870. The highest BCUT2D eigenvalue weighted by atomic mass is 32.2. The third-order valence-corrected chi connectivity index (χ3v) is 5.88. The van der Waals surface area contributed by atoms with Crippen LogP contribution >= 0.6 is 11.3 Å². The highest BCUT2D eigenvalue weighted by molar-refractivity contribution is 7.89. The fourth-order valence-electron chi connectivity index (χ4n) is 1.88. The summed E-state index contributed by atoms with van der Waals surface area (Å²) in [6.07, 6.45) is -0.0208. The van der Waals surface area contributed by atoms with Gasteiger partial charge in [-0.3, -0.25) is 4.79 Å². The number of rotatable bonds is 6. The largest absolute Gasteiger partial charge is 0.350 e. The molecule has 1 amide bonds. The number of carbonyl (C=O) groups is 1. The Morgan fingerprint density at radius 1 is 1.40 bits per heavy atom. The summed E-state index contributed by atoms with van der Waals surface area (Å²) in [5.41, 5.74) is 1.09. The van der Waals surface area contributed by atoms with Gasteiger partial charge in [0.25, 0.3) is 0 Å². The van der Waals surface area contributed by atoms with Gasteiger partial charge in [0.15, 0.2) is 0 Å². The Morgan fingerprint density at radius 2 is 2.00 bits per heavy atom. The number of carbonyl (C=O) groups excluding carboxylic acids is 1. The van der Waals surface area contributed by atoms with Gasteiger partial charge in [0, 0.05) is 30.3 Å². The normalized spacial score (nSPS) is 13.5. The third kappa shape index (κ3) is 4.57. The van der Waals surface area contributed by atoms with E-state index in [0.29, 0.717) is 0 Å². The van der Waals surface area contributed by atoms with Gasteiger partial charge in [-0.2, -0.15) is 0 Å². The van der Waals surface area contributed by atoms with Crippen LogP contribution in [0, 0.1) is 13.8 Å². The molecule has 0 aliphatic carbocycles. The van der Waals surface area contributed by atoms with Crippen LogP contribution in [-0.2, 0) is 14.8 Å². The minimum Gasteiger partial charge on any atom is -0.350 e. The van der Waals surface area contributed by atoms with E-state index in [1.807, 2.05) is 20.8 Å². The van der Waals surface area contributed by atoms with Crippen LogP contribution in [0.3, 0.4) is 0 Å². The van der Waals surface area contributed by atoms with E-state index < -0.39 is 10.0 Å². The smallest absolute Gasteiger partial charge is 0.221 e. The lowest BCUT2D eigenvalue weighted by molar-refractivity contribution is -0.121. The van der Waals surface area contributed by atoms with E-state index in [1.54, 1.807) is 11.3 Å². The summed E-state index contributed by atoms with van der Waals surface area (Å²) in [5, 5.41) is 2.85. The molecule has 0 fully saturated rings. The Bertz CT molecular complexity index is 576. The maximum Gasteiger partial charge on any atom is 0.221 e. The van der Waals surface area contributed by atoms with Crippen LogP contribution in [-0.4, -0.2) is 38.5 Å². The molecule has 1 unspecified atom stereocenters. The van der Waals surface area contributed by atoms with E-state index in [4.69, 9.17) is 0 Å². The van der Waals surface area contributed by atoms with Crippen molar-refractivity contribution in [2.45, 2.75) is 33.2 Å². The van der Waals surface area contributed by atoms with Gasteiger partial charge < -0.3 is 5.32 Å². The van der Waals surface area contributed by atoms with Crippen molar-refractivity contribution in [3.05, 3.63) is 21.4 Å². The molecule has 0 aliphatic rings. The van der Waals surface area contributed by atoms with Gasteiger partial charge in [-0.25, -0.2) is 12.7 Å². The summed E-state index contributed by atoms with van der Waals surface area (Å²) < 4.78 is 24.3. The standard InChI is InChI=1S/C13H22N2O3S2/c1-9-8-12(11(3)19-9)10(2)14-13(16)6-7-20(17,18)15(4)5/h8,10H,6-7H2,1-5H3,(H,14,16). The van der Waals surface area contributed by atoms with Crippen LogP contribution in [0.1, 0.15) is 34.7 Å². The Kier molecular flexibility index (Phi) is 5.73. The van der Waals surface area contributed by atoms with Gasteiger partial charge in [0.05, 0.1) is 11.8 Å². The number of nitrogens with zero attached hydrogens (tertiary/aromatic N) is 1. The van der Waals surface area contributed by atoms with Crippen LogP contribution in [0.5, 0.6) is 0 Å². The number of sulfonamides is 1. The second-order valence-corrected chi connectivity index (χ2v) is 8.77. The molecule has 1 N–H and O–H groups in total. The van der Waals surface area contributed by atoms with Crippen molar-refractivity contribution in [3.8, 4) is 0 Å². The molecule has 0 spiro atoms. The van der Waals surface area contributed by atoms with Gasteiger partial charge in [-0.05, 0) is 32.4 Å². The zero-order valence-corrected chi connectivity index (χ0v) is 14.2. The van der Waals surface area contributed by atoms with E-state index in [0.717, 1.165) is 9.87 Å². The fourth-order valence-corrected chi connectivity index (χ4v) is 3.71. The van der Waals surface area contributed by atoms with Gasteiger partial charge in [-0.1, -0.05) is 0 Å². The summed E-state index contributed by atoms with van der Waals surface area (Å²) in [6.45, 7) is 5.96. The van der Waals surface area contributed by atoms with Crippen molar-refractivity contribution in [3.63, 3.8) is 0 Å². The van der Waals surface area contributed by atoms with Crippen molar-refractivity contribution in [2.75, 3.05) is 19.8 Å². The van der Waals surface area contributed by atoms with Crippen LogP contribution in [0.4, 0.5) is 0 Å². The third-order valence-electron chi connectivity index (χ3n) is 3.07. The Morgan fingerprint density at radius 3 is 2.45 bits per heavy atom. The Labute approximate surface area is 125 Å². The predicted octanol–water partition coefficient (Wildman–Crippen LogP) is 1.82. The lowest BCUT2D eigenvalue weighted by Crippen LogP contribution is -2.31. The molecule has 0 aromatic carbocycles. The van der Waals surface area contributed by atoms with E-state index in [2.05, 4.69) is 11.4 Å². The van der Waals surface area contributed by atoms with Crippen molar-refractivity contribution in [1.29, 1.82) is 0 Å².